The van der Waals surface area contributed by atoms with E-state index >= 15 is 0 Å². The molecular weight excluding hydrogens is 304 g/mol. The molecule has 1 aliphatic rings. The molecule has 0 bridgehead atoms. The first kappa shape index (κ1) is 18.3. The van der Waals surface area contributed by atoms with E-state index in [0.29, 0.717) is 32.6 Å². The fourth-order valence-electron chi connectivity index (χ4n) is 3.01. The van der Waals surface area contributed by atoms with Crippen LogP contribution in [0.2, 0.25) is 0 Å². The molecule has 132 valence electrons. The minimum atomic E-state index is -0.0441. The number of nitrogens with zero attached hydrogens (tertiary/aromatic N) is 2. The van der Waals surface area contributed by atoms with E-state index in [-0.39, 0.29) is 17.2 Å². The lowest BCUT2D eigenvalue weighted by Gasteiger charge is -2.34. The number of piperazine rings is 1. The molecule has 1 fully saturated rings. The van der Waals surface area contributed by atoms with Gasteiger partial charge in [0, 0.05) is 33.1 Å². The van der Waals surface area contributed by atoms with E-state index in [1.54, 1.807) is 18.9 Å². The summed E-state index contributed by atoms with van der Waals surface area (Å²) in [6.07, 6.45) is 0.382. The number of amides is 2. The zero-order valence-corrected chi connectivity index (χ0v) is 15.4. The Morgan fingerprint density at radius 3 is 2.17 bits per heavy atom. The maximum absolute atomic E-state index is 12.6. The fourth-order valence-corrected chi connectivity index (χ4v) is 3.01. The van der Waals surface area contributed by atoms with Crippen molar-refractivity contribution in [3.05, 3.63) is 29.3 Å². The second kappa shape index (κ2) is 7.24. The van der Waals surface area contributed by atoms with Crippen molar-refractivity contribution in [2.24, 2.45) is 0 Å². The van der Waals surface area contributed by atoms with Gasteiger partial charge >= 0.3 is 0 Å². The molecule has 2 amide bonds. The molecule has 0 aromatic heterocycles. The third-order valence-electron chi connectivity index (χ3n) is 4.50. The van der Waals surface area contributed by atoms with Gasteiger partial charge in [0.05, 0.1) is 13.5 Å². The first-order valence-electron chi connectivity index (χ1n) is 8.43. The SMILES string of the molecule is COc1ccc(CC(=O)N2CCN(C(C)=O)CC2)cc1C(C)(C)C. The molecule has 1 saturated heterocycles. The van der Waals surface area contributed by atoms with Crippen LogP contribution in [-0.2, 0) is 21.4 Å². The zero-order chi connectivity index (χ0) is 17.9. The molecule has 0 atom stereocenters. The molecule has 2 rings (SSSR count). The van der Waals surface area contributed by atoms with Gasteiger partial charge in [-0.2, -0.15) is 0 Å². The number of benzene rings is 1. The molecule has 0 saturated carbocycles. The van der Waals surface area contributed by atoms with Crippen LogP contribution in [-0.4, -0.2) is 54.9 Å². The first-order valence-corrected chi connectivity index (χ1v) is 8.43. The highest BCUT2D eigenvalue weighted by Gasteiger charge is 2.24. The lowest BCUT2D eigenvalue weighted by atomic mass is 9.85. The van der Waals surface area contributed by atoms with Crippen molar-refractivity contribution >= 4 is 11.8 Å². The molecular formula is C19H28N2O3. The van der Waals surface area contributed by atoms with Crippen molar-refractivity contribution in [2.45, 2.75) is 39.5 Å². The molecule has 5 nitrogen and oxygen atoms in total. The number of methoxy groups -OCH3 is 1. The van der Waals surface area contributed by atoms with Gasteiger partial charge in [-0.1, -0.05) is 32.9 Å². The molecule has 24 heavy (non-hydrogen) atoms. The summed E-state index contributed by atoms with van der Waals surface area (Å²) < 4.78 is 5.45. The Hall–Kier alpha value is -2.04. The Morgan fingerprint density at radius 2 is 1.67 bits per heavy atom. The average Bonchev–Trinajstić information content (AvgIpc) is 2.54. The van der Waals surface area contributed by atoms with Crippen LogP contribution in [0.3, 0.4) is 0 Å². The van der Waals surface area contributed by atoms with Gasteiger partial charge in [-0.3, -0.25) is 9.59 Å². The van der Waals surface area contributed by atoms with Gasteiger partial charge in [0.1, 0.15) is 5.75 Å². The standard InChI is InChI=1S/C19H28N2O3/c1-14(22)20-8-10-21(11-9-20)18(23)13-15-6-7-17(24-5)16(12-15)19(2,3)4/h6-7,12H,8-11,13H2,1-5H3. The van der Waals surface area contributed by atoms with Crippen molar-refractivity contribution in [3.63, 3.8) is 0 Å². The van der Waals surface area contributed by atoms with Crippen LogP contribution in [0.4, 0.5) is 0 Å². The highest BCUT2D eigenvalue weighted by atomic mass is 16.5. The Balaban J connectivity index is 2.06. The lowest BCUT2D eigenvalue weighted by molar-refractivity contribution is -0.138. The molecule has 5 heteroatoms. The van der Waals surface area contributed by atoms with E-state index in [4.69, 9.17) is 4.74 Å². The van der Waals surface area contributed by atoms with E-state index < -0.39 is 0 Å². The molecule has 0 spiro atoms. The molecule has 0 unspecified atom stereocenters. The number of carbonyl (C=O) groups is 2. The van der Waals surface area contributed by atoms with Gasteiger partial charge in [0.25, 0.3) is 0 Å². The topological polar surface area (TPSA) is 49.9 Å². The summed E-state index contributed by atoms with van der Waals surface area (Å²) in [6, 6.07) is 5.97. The predicted octanol–water partition coefficient (Wildman–Crippen LogP) is 2.23. The van der Waals surface area contributed by atoms with Crippen molar-refractivity contribution in [3.8, 4) is 5.75 Å². The summed E-state index contributed by atoms with van der Waals surface area (Å²) in [4.78, 5) is 27.6. The maximum atomic E-state index is 12.6. The van der Waals surface area contributed by atoms with Crippen LogP contribution in [0.5, 0.6) is 5.75 Å². The highest BCUT2D eigenvalue weighted by molar-refractivity contribution is 5.79. The fraction of sp³-hybridized carbons (Fsp3) is 0.579. The summed E-state index contributed by atoms with van der Waals surface area (Å²) in [5.74, 6) is 1.05. The van der Waals surface area contributed by atoms with E-state index in [9.17, 15) is 9.59 Å². The van der Waals surface area contributed by atoms with Crippen LogP contribution < -0.4 is 4.74 Å². The Morgan fingerprint density at radius 1 is 1.08 bits per heavy atom. The van der Waals surface area contributed by atoms with Crippen molar-refractivity contribution in [1.82, 2.24) is 9.80 Å². The highest BCUT2D eigenvalue weighted by Crippen LogP contribution is 2.32. The average molecular weight is 332 g/mol. The minimum absolute atomic E-state index is 0.0441. The quantitative estimate of drug-likeness (QED) is 0.853. The third kappa shape index (κ3) is 4.28. The van der Waals surface area contributed by atoms with Crippen LogP contribution in [0.1, 0.15) is 38.8 Å². The normalized spacial score (nSPS) is 15.4. The monoisotopic (exact) mass is 332 g/mol. The molecule has 1 aliphatic heterocycles. The van der Waals surface area contributed by atoms with E-state index in [0.717, 1.165) is 16.9 Å². The summed E-state index contributed by atoms with van der Waals surface area (Å²) in [5.41, 5.74) is 2.06. The van der Waals surface area contributed by atoms with Crippen molar-refractivity contribution in [1.29, 1.82) is 0 Å². The minimum Gasteiger partial charge on any atom is -0.496 e. The largest absolute Gasteiger partial charge is 0.496 e. The second-order valence-corrected chi connectivity index (χ2v) is 7.35. The first-order chi connectivity index (χ1) is 11.2. The molecule has 0 aliphatic carbocycles. The van der Waals surface area contributed by atoms with Crippen LogP contribution in [0.25, 0.3) is 0 Å². The van der Waals surface area contributed by atoms with Gasteiger partial charge in [-0.25, -0.2) is 0 Å². The summed E-state index contributed by atoms with van der Waals surface area (Å²) >= 11 is 0. The molecule has 1 heterocycles. The predicted molar refractivity (Wildman–Crippen MR) is 94.2 cm³/mol. The van der Waals surface area contributed by atoms with E-state index in [1.807, 2.05) is 17.0 Å². The summed E-state index contributed by atoms with van der Waals surface area (Å²) in [5, 5.41) is 0. The number of rotatable bonds is 3. The zero-order valence-electron chi connectivity index (χ0n) is 15.4. The van der Waals surface area contributed by atoms with E-state index in [2.05, 4.69) is 26.8 Å². The van der Waals surface area contributed by atoms with Crippen molar-refractivity contribution in [2.75, 3.05) is 33.3 Å². The molecule has 0 N–H and O–H groups in total. The summed E-state index contributed by atoms with van der Waals surface area (Å²) in [6.45, 7) is 10.4. The Kier molecular flexibility index (Phi) is 5.52. The van der Waals surface area contributed by atoms with Crippen molar-refractivity contribution < 1.29 is 14.3 Å². The summed E-state index contributed by atoms with van der Waals surface area (Å²) in [7, 11) is 1.67. The number of ether oxygens (including phenoxy) is 1. The Bertz CT molecular complexity index is 612. The third-order valence-corrected chi connectivity index (χ3v) is 4.50. The van der Waals surface area contributed by atoms with Gasteiger partial charge in [-0.05, 0) is 22.6 Å². The Labute approximate surface area is 144 Å². The van der Waals surface area contributed by atoms with Crippen LogP contribution in [0, 0.1) is 0 Å². The van der Waals surface area contributed by atoms with Crippen LogP contribution >= 0.6 is 0 Å². The van der Waals surface area contributed by atoms with Gasteiger partial charge < -0.3 is 14.5 Å². The number of carbonyl (C=O) groups excluding carboxylic acids is 2. The van der Waals surface area contributed by atoms with Gasteiger partial charge in [0.15, 0.2) is 0 Å². The maximum Gasteiger partial charge on any atom is 0.227 e. The molecule has 1 aromatic carbocycles. The van der Waals surface area contributed by atoms with Gasteiger partial charge in [-0.15, -0.1) is 0 Å². The molecule has 0 radical (unpaired) electrons. The van der Waals surface area contributed by atoms with Crippen LogP contribution in [0.15, 0.2) is 18.2 Å². The lowest BCUT2D eigenvalue weighted by Crippen LogP contribution is -2.50. The second-order valence-electron chi connectivity index (χ2n) is 7.35. The number of hydrogen-bond acceptors (Lipinski definition) is 3. The molecule has 1 aromatic rings. The smallest absolute Gasteiger partial charge is 0.227 e. The van der Waals surface area contributed by atoms with E-state index in [1.165, 1.54) is 0 Å². The van der Waals surface area contributed by atoms with Gasteiger partial charge in [0.2, 0.25) is 11.8 Å². The number of hydrogen-bond donors (Lipinski definition) is 0.